The maximum atomic E-state index is 13.1. The van der Waals surface area contributed by atoms with Crippen molar-refractivity contribution in [1.29, 1.82) is 0 Å². The van der Waals surface area contributed by atoms with E-state index in [1.807, 2.05) is 6.07 Å². The molecular formula is C17H12FN3. The molecule has 0 bridgehead atoms. The molecular weight excluding hydrogens is 265 g/mol. The summed E-state index contributed by atoms with van der Waals surface area (Å²) < 4.78 is 13.1. The van der Waals surface area contributed by atoms with Gasteiger partial charge >= 0.3 is 0 Å². The van der Waals surface area contributed by atoms with Gasteiger partial charge in [-0.3, -0.25) is 0 Å². The fraction of sp³-hybridized carbons (Fsp3) is 0.0588. The molecule has 0 spiro atoms. The Morgan fingerprint density at radius 2 is 1.81 bits per heavy atom. The molecule has 21 heavy (non-hydrogen) atoms. The molecule has 2 aromatic carbocycles. The number of halogens is 1. The first kappa shape index (κ1) is 12.0. The number of benzene rings is 2. The van der Waals surface area contributed by atoms with E-state index >= 15 is 0 Å². The van der Waals surface area contributed by atoms with Crippen LogP contribution in [0.3, 0.4) is 0 Å². The highest BCUT2D eigenvalue weighted by molar-refractivity contribution is 6.12. The van der Waals surface area contributed by atoms with E-state index in [9.17, 15) is 4.39 Å². The molecule has 102 valence electrons. The third-order valence-electron chi connectivity index (χ3n) is 3.66. The van der Waals surface area contributed by atoms with Crippen LogP contribution in [0.2, 0.25) is 0 Å². The van der Waals surface area contributed by atoms with Gasteiger partial charge in [0.15, 0.2) is 0 Å². The maximum absolute atomic E-state index is 13.1. The summed E-state index contributed by atoms with van der Waals surface area (Å²) in [5.41, 5.74) is 4.70. The smallest absolute Gasteiger partial charge is 0.142 e. The van der Waals surface area contributed by atoms with Crippen LogP contribution in [0, 0.1) is 12.7 Å². The number of aryl methyl sites for hydroxylation is 1. The van der Waals surface area contributed by atoms with Gasteiger partial charge in [-0.15, -0.1) is 0 Å². The second-order valence-corrected chi connectivity index (χ2v) is 5.13. The van der Waals surface area contributed by atoms with Crippen LogP contribution in [0.4, 0.5) is 4.39 Å². The van der Waals surface area contributed by atoms with Gasteiger partial charge in [0.1, 0.15) is 17.8 Å². The van der Waals surface area contributed by atoms with Gasteiger partial charge in [-0.1, -0.05) is 11.6 Å². The van der Waals surface area contributed by atoms with Gasteiger partial charge < -0.3 is 4.98 Å². The van der Waals surface area contributed by atoms with E-state index in [2.05, 4.69) is 34.0 Å². The molecule has 4 aromatic rings. The molecule has 0 aliphatic carbocycles. The van der Waals surface area contributed by atoms with Gasteiger partial charge in [0.2, 0.25) is 0 Å². The molecule has 2 aromatic heterocycles. The molecule has 0 radical (unpaired) electrons. The molecule has 0 atom stereocenters. The number of aromatic amines is 1. The highest BCUT2D eigenvalue weighted by atomic mass is 19.1. The molecule has 4 heteroatoms. The van der Waals surface area contributed by atoms with E-state index in [1.54, 1.807) is 12.1 Å². The minimum absolute atomic E-state index is 0.251. The Morgan fingerprint density at radius 3 is 2.62 bits per heavy atom. The highest BCUT2D eigenvalue weighted by Crippen LogP contribution is 2.32. The lowest BCUT2D eigenvalue weighted by atomic mass is 10.1. The zero-order chi connectivity index (χ0) is 14.4. The topological polar surface area (TPSA) is 41.6 Å². The molecule has 0 amide bonds. The van der Waals surface area contributed by atoms with Crippen LogP contribution in [0.5, 0.6) is 0 Å². The van der Waals surface area contributed by atoms with Crippen molar-refractivity contribution in [2.45, 2.75) is 6.92 Å². The maximum Gasteiger partial charge on any atom is 0.142 e. The van der Waals surface area contributed by atoms with Crippen LogP contribution in [-0.4, -0.2) is 15.0 Å². The molecule has 0 aliphatic rings. The summed E-state index contributed by atoms with van der Waals surface area (Å²) >= 11 is 0. The van der Waals surface area contributed by atoms with Gasteiger partial charge in [-0.05, 0) is 43.3 Å². The Balaban J connectivity index is 2.11. The van der Waals surface area contributed by atoms with Crippen LogP contribution in [0.15, 0.2) is 48.8 Å². The van der Waals surface area contributed by atoms with E-state index in [0.29, 0.717) is 0 Å². The van der Waals surface area contributed by atoms with Crippen LogP contribution in [0.1, 0.15) is 5.56 Å². The fourth-order valence-electron chi connectivity index (χ4n) is 2.66. The molecule has 4 rings (SSSR count). The lowest BCUT2D eigenvalue weighted by Gasteiger charge is -2.03. The first-order valence-corrected chi connectivity index (χ1v) is 6.71. The summed E-state index contributed by atoms with van der Waals surface area (Å²) in [4.78, 5) is 12.0. The second-order valence-electron chi connectivity index (χ2n) is 5.13. The summed E-state index contributed by atoms with van der Waals surface area (Å²) in [6.45, 7) is 2.06. The van der Waals surface area contributed by atoms with Gasteiger partial charge in [-0.2, -0.15) is 0 Å². The Bertz CT molecular complexity index is 955. The Labute approximate surface area is 120 Å². The van der Waals surface area contributed by atoms with Crippen LogP contribution < -0.4 is 0 Å². The number of aromatic nitrogens is 3. The molecule has 0 unspecified atom stereocenters. The lowest BCUT2D eigenvalue weighted by Crippen LogP contribution is -1.87. The Hall–Kier alpha value is -2.75. The minimum atomic E-state index is -0.251. The summed E-state index contributed by atoms with van der Waals surface area (Å²) in [6.07, 6.45) is 1.53. The van der Waals surface area contributed by atoms with Crippen LogP contribution in [-0.2, 0) is 0 Å². The van der Waals surface area contributed by atoms with Crippen molar-refractivity contribution in [1.82, 2.24) is 15.0 Å². The number of hydrogen-bond donors (Lipinski definition) is 1. The predicted octanol–water partition coefficient (Wildman–Crippen LogP) is 4.23. The molecule has 0 saturated carbocycles. The van der Waals surface area contributed by atoms with Gasteiger partial charge in [0, 0.05) is 16.5 Å². The molecule has 3 nitrogen and oxygen atoms in total. The molecule has 0 aliphatic heterocycles. The normalized spacial score (nSPS) is 11.3. The van der Waals surface area contributed by atoms with E-state index in [-0.39, 0.29) is 5.82 Å². The van der Waals surface area contributed by atoms with Crippen molar-refractivity contribution in [2.75, 3.05) is 0 Å². The zero-order valence-corrected chi connectivity index (χ0v) is 11.4. The van der Waals surface area contributed by atoms with Crippen LogP contribution in [0.25, 0.3) is 33.2 Å². The Kier molecular flexibility index (Phi) is 2.51. The Morgan fingerprint density at radius 1 is 1.00 bits per heavy atom. The third-order valence-corrected chi connectivity index (χ3v) is 3.66. The van der Waals surface area contributed by atoms with E-state index in [1.165, 1.54) is 24.0 Å². The second kappa shape index (κ2) is 4.38. The largest absolute Gasteiger partial charge is 0.339 e. The van der Waals surface area contributed by atoms with E-state index in [4.69, 9.17) is 0 Å². The van der Waals surface area contributed by atoms with Crippen LogP contribution >= 0.6 is 0 Å². The monoisotopic (exact) mass is 277 g/mol. The van der Waals surface area contributed by atoms with Crippen molar-refractivity contribution in [3.8, 4) is 11.3 Å². The first-order chi connectivity index (χ1) is 10.2. The van der Waals surface area contributed by atoms with Crippen molar-refractivity contribution < 1.29 is 4.39 Å². The first-order valence-electron chi connectivity index (χ1n) is 6.71. The summed E-state index contributed by atoms with van der Waals surface area (Å²) in [7, 11) is 0. The van der Waals surface area contributed by atoms with Crippen molar-refractivity contribution in [3.05, 3.63) is 60.2 Å². The number of rotatable bonds is 1. The summed E-state index contributed by atoms with van der Waals surface area (Å²) in [5, 5.41) is 2.06. The van der Waals surface area contributed by atoms with Crippen molar-refractivity contribution in [2.24, 2.45) is 0 Å². The van der Waals surface area contributed by atoms with E-state index < -0.39 is 0 Å². The number of hydrogen-bond acceptors (Lipinski definition) is 2. The van der Waals surface area contributed by atoms with E-state index in [0.717, 1.165) is 33.2 Å². The third kappa shape index (κ3) is 1.88. The molecule has 2 heterocycles. The summed E-state index contributed by atoms with van der Waals surface area (Å²) in [5.74, 6) is -0.251. The SMILES string of the molecule is Cc1ccc2[nH]c3ncnc(-c4ccc(F)cc4)c3c2c1. The number of fused-ring (bicyclic) bond motifs is 3. The molecule has 0 fully saturated rings. The predicted molar refractivity (Wildman–Crippen MR) is 81.5 cm³/mol. The fourth-order valence-corrected chi connectivity index (χ4v) is 2.66. The van der Waals surface area contributed by atoms with Crippen molar-refractivity contribution in [3.63, 3.8) is 0 Å². The zero-order valence-electron chi connectivity index (χ0n) is 11.4. The van der Waals surface area contributed by atoms with Gasteiger partial charge in [-0.25, -0.2) is 14.4 Å². The standard InChI is InChI=1S/C17H12FN3/c1-10-2-7-14-13(8-10)15-16(19-9-20-17(15)21-14)11-3-5-12(18)6-4-11/h2-9H,1H3,(H,19,20,21). The average molecular weight is 277 g/mol. The quantitative estimate of drug-likeness (QED) is 0.566. The molecule has 1 N–H and O–H groups in total. The number of nitrogens with one attached hydrogen (secondary N) is 1. The highest BCUT2D eigenvalue weighted by Gasteiger charge is 2.12. The van der Waals surface area contributed by atoms with Gasteiger partial charge in [0.25, 0.3) is 0 Å². The number of H-pyrrole nitrogens is 1. The lowest BCUT2D eigenvalue weighted by molar-refractivity contribution is 0.628. The summed E-state index contributed by atoms with van der Waals surface area (Å²) in [6, 6.07) is 12.6. The molecule has 0 saturated heterocycles. The van der Waals surface area contributed by atoms with Gasteiger partial charge in [0.05, 0.1) is 11.1 Å². The number of nitrogens with zero attached hydrogens (tertiary/aromatic N) is 2. The average Bonchev–Trinajstić information content (AvgIpc) is 2.86. The van der Waals surface area contributed by atoms with Crippen molar-refractivity contribution >= 4 is 21.9 Å². The minimum Gasteiger partial charge on any atom is -0.339 e.